The van der Waals surface area contributed by atoms with Gasteiger partial charge in [0, 0.05) is 5.57 Å². The van der Waals surface area contributed by atoms with Gasteiger partial charge in [0.2, 0.25) is 5.91 Å². The number of carbonyl (C=O) groups excluding carboxylic acids is 1. The van der Waals surface area contributed by atoms with Gasteiger partial charge in [0.05, 0.1) is 0 Å². The van der Waals surface area contributed by atoms with Crippen LogP contribution in [0, 0.1) is 0 Å². The topological polar surface area (TPSA) is 63.3 Å². The average molecular weight is 247 g/mol. The Morgan fingerprint density at radius 1 is 1.39 bits per heavy atom. The summed E-state index contributed by atoms with van der Waals surface area (Å²) in [5, 5.41) is 9.85. The van der Waals surface area contributed by atoms with Gasteiger partial charge in [0.25, 0.3) is 0 Å². The second kappa shape index (κ2) is 5.25. The van der Waals surface area contributed by atoms with E-state index >= 15 is 0 Å². The van der Waals surface area contributed by atoms with E-state index < -0.39 is 5.91 Å². The highest BCUT2D eigenvalue weighted by Crippen LogP contribution is 2.31. The molecule has 0 atom stereocenters. The van der Waals surface area contributed by atoms with Gasteiger partial charge in [-0.2, -0.15) is 0 Å². The number of hydrogen-bond donors (Lipinski definition) is 2. The van der Waals surface area contributed by atoms with E-state index in [0.29, 0.717) is 17.7 Å². The first-order chi connectivity index (χ1) is 8.21. The van der Waals surface area contributed by atoms with Crippen LogP contribution in [0.1, 0.15) is 38.8 Å². The van der Waals surface area contributed by atoms with Gasteiger partial charge in [-0.05, 0) is 36.0 Å². The van der Waals surface area contributed by atoms with E-state index in [0.717, 1.165) is 11.1 Å². The van der Waals surface area contributed by atoms with Gasteiger partial charge in [-0.3, -0.25) is 4.79 Å². The summed E-state index contributed by atoms with van der Waals surface area (Å²) in [6.45, 7) is 7.86. The summed E-state index contributed by atoms with van der Waals surface area (Å²) in [5.41, 5.74) is 7.59. The van der Waals surface area contributed by atoms with Gasteiger partial charge >= 0.3 is 0 Å². The molecule has 0 fully saturated rings. The van der Waals surface area contributed by atoms with Crippen LogP contribution in [-0.4, -0.2) is 11.0 Å². The number of allylic oxidation sites excluding steroid dienone is 1. The zero-order valence-corrected chi connectivity index (χ0v) is 11.4. The Bertz CT molecular complexity index is 482. The fraction of sp³-hybridized carbons (Fsp3) is 0.400. The number of phenols is 1. The third-order valence-electron chi connectivity index (χ3n) is 2.90. The molecule has 0 aromatic heterocycles. The molecule has 1 aromatic carbocycles. The van der Waals surface area contributed by atoms with Gasteiger partial charge in [-0.25, -0.2) is 0 Å². The molecule has 1 aromatic rings. The predicted molar refractivity (Wildman–Crippen MR) is 73.5 cm³/mol. The molecule has 0 unspecified atom stereocenters. The van der Waals surface area contributed by atoms with Crippen molar-refractivity contribution >= 4 is 5.91 Å². The van der Waals surface area contributed by atoms with Crippen LogP contribution in [0.4, 0.5) is 0 Å². The van der Waals surface area contributed by atoms with Gasteiger partial charge in [-0.1, -0.05) is 39.0 Å². The number of benzene rings is 1. The van der Waals surface area contributed by atoms with E-state index in [9.17, 15) is 9.90 Å². The summed E-state index contributed by atoms with van der Waals surface area (Å²) in [5.74, 6) is -0.0910. The van der Waals surface area contributed by atoms with E-state index in [1.54, 1.807) is 19.1 Å². The van der Waals surface area contributed by atoms with Crippen LogP contribution in [0.2, 0.25) is 0 Å². The molecule has 0 heterocycles. The van der Waals surface area contributed by atoms with Gasteiger partial charge in [0.1, 0.15) is 5.75 Å². The van der Waals surface area contributed by atoms with Crippen molar-refractivity contribution in [1.29, 1.82) is 0 Å². The Morgan fingerprint density at radius 2 is 2.00 bits per heavy atom. The van der Waals surface area contributed by atoms with Crippen LogP contribution in [0.25, 0.3) is 0 Å². The molecule has 0 saturated heterocycles. The van der Waals surface area contributed by atoms with Crippen LogP contribution < -0.4 is 5.73 Å². The van der Waals surface area contributed by atoms with Gasteiger partial charge in [0.15, 0.2) is 0 Å². The summed E-state index contributed by atoms with van der Waals surface area (Å²) in [4.78, 5) is 10.9. The predicted octanol–water partition coefficient (Wildman–Crippen LogP) is 2.66. The summed E-state index contributed by atoms with van der Waals surface area (Å²) < 4.78 is 0. The van der Waals surface area contributed by atoms with Gasteiger partial charge < -0.3 is 10.8 Å². The molecule has 0 spiro atoms. The molecule has 18 heavy (non-hydrogen) atoms. The molecule has 0 saturated carbocycles. The molecular formula is C15H21NO2. The lowest BCUT2D eigenvalue weighted by Gasteiger charge is -2.21. The van der Waals surface area contributed by atoms with Crippen molar-refractivity contribution in [2.24, 2.45) is 5.73 Å². The van der Waals surface area contributed by atoms with E-state index in [1.807, 2.05) is 12.1 Å². The molecule has 0 aliphatic rings. The molecule has 98 valence electrons. The maximum atomic E-state index is 10.9. The Labute approximate surface area is 108 Å². The summed E-state index contributed by atoms with van der Waals surface area (Å²) >= 11 is 0. The lowest BCUT2D eigenvalue weighted by Crippen LogP contribution is -2.12. The van der Waals surface area contributed by atoms with Crippen LogP contribution in [-0.2, 0) is 16.6 Å². The summed E-state index contributed by atoms with van der Waals surface area (Å²) in [7, 11) is 0. The van der Waals surface area contributed by atoms with Crippen molar-refractivity contribution in [3.8, 4) is 5.75 Å². The minimum atomic E-state index is -0.398. The van der Waals surface area contributed by atoms with E-state index in [2.05, 4.69) is 20.8 Å². The lowest BCUT2D eigenvalue weighted by atomic mass is 9.85. The molecule has 0 radical (unpaired) electrons. The third kappa shape index (κ3) is 3.62. The van der Waals surface area contributed by atoms with Crippen LogP contribution in [0.5, 0.6) is 5.75 Å². The molecule has 1 rings (SSSR count). The summed E-state index contributed by atoms with van der Waals surface area (Å²) in [6.07, 6.45) is 2.44. The van der Waals surface area contributed by atoms with E-state index in [4.69, 9.17) is 5.73 Å². The Morgan fingerprint density at radius 3 is 2.50 bits per heavy atom. The molecule has 0 aliphatic heterocycles. The van der Waals surface area contributed by atoms with Crippen LogP contribution in [0.15, 0.2) is 29.8 Å². The zero-order chi connectivity index (χ0) is 13.9. The largest absolute Gasteiger partial charge is 0.508 e. The number of nitrogens with two attached hydrogens (primary N) is 1. The Kier molecular flexibility index (Phi) is 4.17. The number of phenolic OH excluding ortho intramolecular Hbond substituents is 1. The lowest BCUT2D eigenvalue weighted by molar-refractivity contribution is -0.114. The number of primary amides is 1. The zero-order valence-electron chi connectivity index (χ0n) is 11.4. The normalized spacial score (nSPS) is 12.6. The SMILES string of the molecule is CC(=CCc1ccc(O)c(C(C)(C)C)c1)C(N)=O. The monoisotopic (exact) mass is 247 g/mol. The smallest absolute Gasteiger partial charge is 0.244 e. The number of hydrogen-bond acceptors (Lipinski definition) is 2. The number of carbonyl (C=O) groups is 1. The fourth-order valence-electron chi connectivity index (χ4n) is 1.68. The van der Waals surface area contributed by atoms with Crippen molar-refractivity contribution < 1.29 is 9.90 Å². The maximum Gasteiger partial charge on any atom is 0.244 e. The quantitative estimate of drug-likeness (QED) is 0.806. The maximum absolute atomic E-state index is 10.9. The molecule has 3 N–H and O–H groups in total. The highest BCUT2D eigenvalue weighted by Gasteiger charge is 2.18. The average Bonchev–Trinajstić information content (AvgIpc) is 2.25. The Hall–Kier alpha value is -1.77. The standard InChI is InChI=1S/C15H21NO2/c1-10(14(16)18)5-6-11-7-8-13(17)12(9-11)15(2,3)4/h5,7-9,17H,6H2,1-4H3,(H2,16,18). The first-order valence-corrected chi connectivity index (χ1v) is 6.00. The third-order valence-corrected chi connectivity index (χ3v) is 2.90. The highest BCUT2D eigenvalue weighted by atomic mass is 16.3. The molecule has 1 amide bonds. The summed E-state index contributed by atoms with van der Waals surface area (Å²) in [6, 6.07) is 5.53. The van der Waals surface area contributed by atoms with Crippen molar-refractivity contribution in [3.63, 3.8) is 0 Å². The Balaban J connectivity index is 3.00. The van der Waals surface area contributed by atoms with E-state index in [1.165, 1.54) is 0 Å². The minimum Gasteiger partial charge on any atom is -0.508 e. The van der Waals surface area contributed by atoms with E-state index in [-0.39, 0.29) is 5.41 Å². The number of rotatable bonds is 3. The first-order valence-electron chi connectivity index (χ1n) is 6.00. The van der Waals surface area contributed by atoms with Crippen LogP contribution in [0.3, 0.4) is 0 Å². The van der Waals surface area contributed by atoms with Crippen LogP contribution >= 0.6 is 0 Å². The number of aromatic hydroxyl groups is 1. The van der Waals surface area contributed by atoms with Gasteiger partial charge in [-0.15, -0.1) is 0 Å². The highest BCUT2D eigenvalue weighted by molar-refractivity contribution is 5.91. The second-order valence-electron chi connectivity index (χ2n) is 5.56. The first kappa shape index (κ1) is 14.3. The molecule has 0 bridgehead atoms. The molecule has 3 nitrogen and oxygen atoms in total. The van der Waals surface area contributed by atoms with Crippen molar-refractivity contribution in [2.75, 3.05) is 0 Å². The number of amides is 1. The molecule has 0 aliphatic carbocycles. The minimum absolute atomic E-state index is 0.109. The second-order valence-corrected chi connectivity index (χ2v) is 5.56. The van der Waals surface area contributed by atoms with Crippen molar-refractivity contribution in [1.82, 2.24) is 0 Å². The fourth-order valence-corrected chi connectivity index (χ4v) is 1.68. The molecule has 3 heteroatoms. The molecular weight excluding hydrogens is 226 g/mol. The van der Waals surface area contributed by atoms with Crippen molar-refractivity contribution in [3.05, 3.63) is 41.0 Å². The van der Waals surface area contributed by atoms with Crippen molar-refractivity contribution in [2.45, 2.75) is 39.5 Å².